The zero-order chi connectivity index (χ0) is 14.3. The molecule has 3 nitrogen and oxygen atoms in total. The molecule has 2 aliphatic heterocycles. The Kier molecular flexibility index (Phi) is 3.52. The lowest BCUT2D eigenvalue weighted by Crippen LogP contribution is -2.57. The molecule has 4 rings (SSSR count). The fourth-order valence-corrected chi connectivity index (χ4v) is 4.81. The van der Waals surface area contributed by atoms with Crippen LogP contribution in [0.1, 0.15) is 30.4 Å². The molecule has 0 bridgehead atoms. The van der Waals surface area contributed by atoms with E-state index in [0.29, 0.717) is 0 Å². The molecule has 3 heteroatoms. The van der Waals surface area contributed by atoms with Crippen molar-refractivity contribution in [3.8, 4) is 0 Å². The van der Waals surface area contributed by atoms with Crippen LogP contribution >= 0.6 is 0 Å². The van der Waals surface area contributed by atoms with Gasteiger partial charge in [-0.05, 0) is 56.3 Å². The standard InChI is InChI=1S/C18H27N3/c19-14-18(11-15-5-1-2-6-16(15)12-18)21-10-4-9-20-8-3-7-17(20)13-21/h1-2,5-6,17H,3-4,7-14,19H2. The van der Waals surface area contributed by atoms with E-state index in [1.807, 2.05) is 0 Å². The number of rotatable bonds is 2. The summed E-state index contributed by atoms with van der Waals surface area (Å²) in [7, 11) is 0. The molecule has 1 aromatic carbocycles. The molecule has 0 spiro atoms. The molecule has 2 N–H and O–H groups in total. The van der Waals surface area contributed by atoms with Crippen LogP contribution in [-0.4, -0.2) is 54.1 Å². The third kappa shape index (κ3) is 2.32. The third-order valence-corrected chi connectivity index (χ3v) is 6.01. The Morgan fingerprint density at radius 1 is 1.05 bits per heavy atom. The third-order valence-electron chi connectivity index (χ3n) is 6.01. The molecule has 0 radical (unpaired) electrons. The lowest BCUT2D eigenvalue weighted by Gasteiger charge is -2.41. The fourth-order valence-electron chi connectivity index (χ4n) is 4.81. The highest BCUT2D eigenvalue weighted by molar-refractivity contribution is 5.36. The number of nitrogens with two attached hydrogens (primary N) is 1. The maximum atomic E-state index is 6.31. The van der Waals surface area contributed by atoms with E-state index >= 15 is 0 Å². The lowest BCUT2D eigenvalue weighted by molar-refractivity contribution is 0.0923. The summed E-state index contributed by atoms with van der Waals surface area (Å²) in [5, 5.41) is 0. The first-order valence-electron chi connectivity index (χ1n) is 8.57. The van der Waals surface area contributed by atoms with Crippen molar-refractivity contribution in [1.29, 1.82) is 0 Å². The van der Waals surface area contributed by atoms with Gasteiger partial charge in [0, 0.05) is 31.2 Å². The van der Waals surface area contributed by atoms with Crippen LogP contribution in [0.5, 0.6) is 0 Å². The highest BCUT2D eigenvalue weighted by Gasteiger charge is 2.43. The SMILES string of the molecule is NCC1(N2CCCN3CCCC3C2)Cc2ccccc2C1. The average molecular weight is 285 g/mol. The van der Waals surface area contributed by atoms with Gasteiger partial charge in [-0.2, -0.15) is 0 Å². The summed E-state index contributed by atoms with van der Waals surface area (Å²) in [5.74, 6) is 0. The number of fused-ring (bicyclic) bond motifs is 2. The molecule has 0 saturated carbocycles. The molecule has 1 atom stereocenters. The van der Waals surface area contributed by atoms with Gasteiger partial charge in [-0.3, -0.25) is 9.80 Å². The van der Waals surface area contributed by atoms with E-state index in [1.54, 1.807) is 0 Å². The van der Waals surface area contributed by atoms with Gasteiger partial charge in [0.15, 0.2) is 0 Å². The molecule has 1 aliphatic carbocycles. The first-order valence-corrected chi connectivity index (χ1v) is 8.57. The largest absolute Gasteiger partial charge is 0.329 e. The smallest absolute Gasteiger partial charge is 0.0412 e. The molecule has 2 fully saturated rings. The summed E-state index contributed by atoms with van der Waals surface area (Å²) in [6, 6.07) is 9.72. The van der Waals surface area contributed by atoms with E-state index in [1.165, 1.54) is 56.6 Å². The van der Waals surface area contributed by atoms with E-state index in [2.05, 4.69) is 34.1 Å². The number of nitrogens with zero attached hydrogens (tertiary/aromatic N) is 2. The van der Waals surface area contributed by atoms with Gasteiger partial charge in [0.2, 0.25) is 0 Å². The van der Waals surface area contributed by atoms with Crippen molar-refractivity contribution in [3.05, 3.63) is 35.4 Å². The molecule has 2 heterocycles. The molecule has 114 valence electrons. The summed E-state index contributed by atoms with van der Waals surface area (Å²) < 4.78 is 0. The van der Waals surface area contributed by atoms with E-state index < -0.39 is 0 Å². The predicted octanol–water partition coefficient (Wildman–Crippen LogP) is 1.65. The van der Waals surface area contributed by atoms with Crippen molar-refractivity contribution in [1.82, 2.24) is 9.80 Å². The van der Waals surface area contributed by atoms with Crippen molar-refractivity contribution in [2.45, 2.75) is 43.7 Å². The molecular formula is C18H27N3. The van der Waals surface area contributed by atoms with Gasteiger partial charge >= 0.3 is 0 Å². The van der Waals surface area contributed by atoms with Gasteiger partial charge in [0.1, 0.15) is 0 Å². The Bertz CT molecular complexity index is 488. The van der Waals surface area contributed by atoms with E-state index in [4.69, 9.17) is 5.73 Å². The van der Waals surface area contributed by atoms with Crippen LogP contribution in [0, 0.1) is 0 Å². The Morgan fingerprint density at radius 3 is 2.48 bits per heavy atom. The lowest BCUT2D eigenvalue weighted by atomic mass is 9.92. The van der Waals surface area contributed by atoms with Crippen LogP contribution in [0.4, 0.5) is 0 Å². The maximum absolute atomic E-state index is 6.31. The highest BCUT2D eigenvalue weighted by atomic mass is 15.3. The second kappa shape index (κ2) is 5.38. The maximum Gasteiger partial charge on any atom is 0.0412 e. The summed E-state index contributed by atoms with van der Waals surface area (Å²) in [4.78, 5) is 5.47. The van der Waals surface area contributed by atoms with Gasteiger partial charge in [0.25, 0.3) is 0 Å². The van der Waals surface area contributed by atoms with Crippen molar-refractivity contribution >= 4 is 0 Å². The second-order valence-corrected chi connectivity index (χ2v) is 7.18. The number of hydrogen-bond donors (Lipinski definition) is 1. The topological polar surface area (TPSA) is 32.5 Å². The Balaban J connectivity index is 1.59. The highest BCUT2D eigenvalue weighted by Crippen LogP contribution is 2.36. The average Bonchev–Trinajstić information content (AvgIpc) is 3.06. The van der Waals surface area contributed by atoms with Crippen LogP contribution in [-0.2, 0) is 12.8 Å². The van der Waals surface area contributed by atoms with Gasteiger partial charge in [-0.1, -0.05) is 24.3 Å². The molecule has 1 aromatic rings. The molecule has 3 aliphatic rings. The summed E-state index contributed by atoms with van der Waals surface area (Å²) in [5.41, 5.74) is 9.54. The van der Waals surface area contributed by atoms with Gasteiger partial charge < -0.3 is 5.73 Å². The monoisotopic (exact) mass is 285 g/mol. The normalized spacial score (nSPS) is 29.1. The molecule has 1 unspecified atom stereocenters. The molecule has 21 heavy (non-hydrogen) atoms. The van der Waals surface area contributed by atoms with Crippen LogP contribution in [0.3, 0.4) is 0 Å². The first-order chi connectivity index (χ1) is 10.3. The first kappa shape index (κ1) is 13.7. The van der Waals surface area contributed by atoms with Gasteiger partial charge in [0.05, 0.1) is 0 Å². The Morgan fingerprint density at radius 2 is 1.76 bits per heavy atom. The van der Waals surface area contributed by atoms with E-state index in [-0.39, 0.29) is 5.54 Å². The van der Waals surface area contributed by atoms with Crippen LogP contribution in [0.15, 0.2) is 24.3 Å². The van der Waals surface area contributed by atoms with Gasteiger partial charge in [-0.15, -0.1) is 0 Å². The zero-order valence-electron chi connectivity index (χ0n) is 12.9. The van der Waals surface area contributed by atoms with E-state index in [0.717, 1.165) is 25.4 Å². The van der Waals surface area contributed by atoms with Crippen LogP contribution < -0.4 is 5.73 Å². The summed E-state index contributed by atoms with van der Waals surface area (Å²) in [6.07, 6.45) is 6.35. The minimum atomic E-state index is 0.183. The fraction of sp³-hybridized carbons (Fsp3) is 0.667. The molecule has 0 aromatic heterocycles. The second-order valence-electron chi connectivity index (χ2n) is 7.18. The van der Waals surface area contributed by atoms with Crippen molar-refractivity contribution in [2.75, 3.05) is 32.7 Å². The predicted molar refractivity (Wildman–Crippen MR) is 86.4 cm³/mol. The van der Waals surface area contributed by atoms with Crippen molar-refractivity contribution in [3.63, 3.8) is 0 Å². The summed E-state index contributed by atoms with van der Waals surface area (Å²) in [6.45, 7) is 5.83. The number of benzene rings is 1. The minimum Gasteiger partial charge on any atom is -0.329 e. The van der Waals surface area contributed by atoms with E-state index in [9.17, 15) is 0 Å². The summed E-state index contributed by atoms with van der Waals surface area (Å²) >= 11 is 0. The quantitative estimate of drug-likeness (QED) is 0.897. The zero-order valence-corrected chi connectivity index (χ0v) is 12.9. The molecule has 2 saturated heterocycles. The number of hydrogen-bond acceptors (Lipinski definition) is 3. The van der Waals surface area contributed by atoms with Crippen LogP contribution in [0.25, 0.3) is 0 Å². The minimum absolute atomic E-state index is 0.183. The van der Waals surface area contributed by atoms with Crippen LogP contribution in [0.2, 0.25) is 0 Å². The van der Waals surface area contributed by atoms with Crippen molar-refractivity contribution in [2.24, 2.45) is 5.73 Å². The molecular weight excluding hydrogens is 258 g/mol. The Hall–Kier alpha value is -0.900. The van der Waals surface area contributed by atoms with Gasteiger partial charge in [-0.25, -0.2) is 0 Å². The molecule has 0 amide bonds. The Labute approximate surface area is 128 Å². The van der Waals surface area contributed by atoms with Crippen molar-refractivity contribution < 1.29 is 0 Å².